The van der Waals surface area contributed by atoms with Gasteiger partial charge in [0.1, 0.15) is 0 Å². The first-order chi connectivity index (χ1) is 9.08. The molecular formula is C17H21NS. The maximum absolute atomic E-state index is 3.84. The number of hydrogen-bond donors (Lipinski definition) is 1. The second-order valence-corrected chi connectivity index (χ2v) is 7.18. The van der Waals surface area contributed by atoms with Gasteiger partial charge in [-0.1, -0.05) is 44.2 Å². The van der Waals surface area contributed by atoms with Crippen LogP contribution in [0.2, 0.25) is 0 Å². The number of fused-ring (bicyclic) bond motifs is 1. The summed E-state index contributed by atoms with van der Waals surface area (Å²) in [5.41, 5.74) is 3.27. The molecule has 1 N–H and O–H groups in total. The highest BCUT2D eigenvalue weighted by molar-refractivity contribution is 7.10. The lowest BCUT2D eigenvalue weighted by molar-refractivity contribution is 0.253. The number of hydrogen-bond acceptors (Lipinski definition) is 2. The van der Waals surface area contributed by atoms with Crippen LogP contribution in [0.4, 0.5) is 0 Å². The number of nitrogens with one attached hydrogen (secondary N) is 1. The summed E-state index contributed by atoms with van der Waals surface area (Å²) in [6, 6.07) is 14.1. The molecule has 2 unspecified atom stereocenters. The van der Waals surface area contributed by atoms with Gasteiger partial charge in [0.2, 0.25) is 0 Å². The molecule has 1 aliphatic rings. The van der Waals surface area contributed by atoms with E-state index in [1.807, 2.05) is 11.3 Å². The Hall–Kier alpha value is -1.12. The highest BCUT2D eigenvalue weighted by atomic mass is 32.1. The number of rotatable bonds is 3. The fraction of sp³-hybridized carbons (Fsp3) is 0.412. The summed E-state index contributed by atoms with van der Waals surface area (Å²) in [4.78, 5) is 1.42. The standard InChI is InChI=1S/C17H21NS/c1-12(15-9-6-10-19-15)18-16-14-8-5-4-7-13(14)11-17(16,2)3/h4-10,12,16,18H,11H2,1-3H3. The van der Waals surface area contributed by atoms with E-state index in [9.17, 15) is 0 Å². The van der Waals surface area contributed by atoms with Crippen LogP contribution in [-0.2, 0) is 6.42 Å². The third-order valence-corrected chi connectivity index (χ3v) is 5.24. The molecule has 1 aromatic heterocycles. The molecule has 19 heavy (non-hydrogen) atoms. The molecule has 100 valence electrons. The summed E-state index contributed by atoms with van der Waals surface area (Å²) < 4.78 is 0. The van der Waals surface area contributed by atoms with Crippen LogP contribution in [0.15, 0.2) is 41.8 Å². The zero-order chi connectivity index (χ0) is 13.5. The van der Waals surface area contributed by atoms with E-state index in [0.29, 0.717) is 12.1 Å². The van der Waals surface area contributed by atoms with Crippen molar-refractivity contribution in [1.29, 1.82) is 0 Å². The minimum absolute atomic E-state index is 0.287. The molecule has 0 fully saturated rings. The van der Waals surface area contributed by atoms with Crippen molar-refractivity contribution >= 4 is 11.3 Å². The minimum atomic E-state index is 0.287. The summed E-state index contributed by atoms with van der Waals surface area (Å²) in [5, 5.41) is 5.99. The second kappa shape index (κ2) is 4.77. The maximum Gasteiger partial charge on any atom is 0.0391 e. The fourth-order valence-corrected chi connectivity index (χ4v) is 3.92. The summed E-state index contributed by atoms with van der Waals surface area (Å²) in [6.45, 7) is 7.00. The third-order valence-electron chi connectivity index (χ3n) is 4.18. The molecule has 1 aromatic carbocycles. The molecule has 0 radical (unpaired) electrons. The minimum Gasteiger partial charge on any atom is -0.302 e. The van der Waals surface area contributed by atoms with Crippen molar-refractivity contribution in [3.8, 4) is 0 Å². The SMILES string of the molecule is CC(NC1c2ccccc2CC1(C)C)c1cccs1. The van der Waals surface area contributed by atoms with Gasteiger partial charge in [-0.3, -0.25) is 0 Å². The number of benzene rings is 1. The van der Waals surface area contributed by atoms with E-state index in [4.69, 9.17) is 0 Å². The van der Waals surface area contributed by atoms with E-state index in [2.05, 4.69) is 67.9 Å². The first-order valence-corrected chi connectivity index (χ1v) is 7.83. The lowest BCUT2D eigenvalue weighted by atomic mass is 9.85. The Balaban J connectivity index is 1.87. The molecule has 0 saturated heterocycles. The van der Waals surface area contributed by atoms with Gasteiger partial charge in [-0.05, 0) is 41.3 Å². The van der Waals surface area contributed by atoms with Crippen LogP contribution >= 0.6 is 11.3 Å². The molecule has 0 saturated carbocycles. The first kappa shape index (κ1) is 12.9. The normalized spacial score (nSPS) is 22.2. The Labute approximate surface area is 119 Å². The highest BCUT2D eigenvalue weighted by Gasteiger charge is 2.39. The Bertz CT molecular complexity index is 556. The van der Waals surface area contributed by atoms with Gasteiger partial charge >= 0.3 is 0 Å². The average Bonchev–Trinajstić information content (AvgIpc) is 2.96. The Morgan fingerprint density at radius 2 is 2.00 bits per heavy atom. The van der Waals surface area contributed by atoms with E-state index in [-0.39, 0.29) is 5.41 Å². The third kappa shape index (κ3) is 2.35. The Morgan fingerprint density at radius 3 is 2.74 bits per heavy atom. The molecule has 1 nitrogen and oxygen atoms in total. The smallest absolute Gasteiger partial charge is 0.0391 e. The van der Waals surface area contributed by atoms with Crippen molar-refractivity contribution in [2.45, 2.75) is 39.3 Å². The van der Waals surface area contributed by atoms with Crippen LogP contribution in [0.25, 0.3) is 0 Å². The topological polar surface area (TPSA) is 12.0 Å². The van der Waals surface area contributed by atoms with Crippen molar-refractivity contribution in [2.75, 3.05) is 0 Å². The molecule has 0 bridgehead atoms. The monoisotopic (exact) mass is 271 g/mol. The van der Waals surface area contributed by atoms with Gasteiger partial charge in [-0.25, -0.2) is 0 Å². The van der Waals surface area contributed by atoms with Crippen molar-refractivity contribution in [3.63, 3.8) is 0 Å². The lowest BCUT2D eigenvalue weighted by Gasteiger charge is -2.31. The van der Waals surface area contributed by atoms with Gasteiger partial charge in [0.05, 0.1) is 0 Å². The zero-order valence-electron chi connectivity index (χ0n) is 11.8. The first-order valence-electron chi connectivity index (χ1n) is 6.95. The molecule has 1 aliphatic carbocycles. The van der Waals surface area contributed by atoms with E-state index >= 15 is 0 Å². The molecule has 0 spiro atoms. The molecule has 0 aliphatic heterocycles. The van der Waals surface area contributed by atoms with Crippen LogP contribution < -0.4 is 5.32 Å². The highest BCUT2D eigenvalue weighted by Crippen LogP contribution is 2.46. The van der Waals surface area contributed by atoms with Crippen LogP contribution in [-0.4, -0.2) is 0 Å². The zero-order valence-corrected chi connectivity index (χ0v) is 12.6. The van der Waals surface area contributed by atoms with Crippen LogP contribution in [0.1, 0.15) is 48.9 Å². The van der Waals surface area contributed by atoms with E-state index in [0.717, 1.165) is 6.42 Å². The quantitative estimate of drug-likeness (QED) is 0.851. The molecule has 2 aromatic rings. The van der Waals surface area contributed by atoms with E-state index in [1.54, 1.807) is 0 Å². The lowest BCUT2D eigenvalue weighted by Crippen LogP contribution is -2.32. The van der Waals surface area contributed by atoms with Gasteiger partial charge in [-0.15, -0.1) is 11.3 Å². The van der Waals surface area contributed by atoms with Gasteiger partial charge < -0.3 is 5.32 Å². The van der Waals surface area contributed by atoms with Crippen molar-refractivity contribution in [2.24, 2.45) is 5.41 Å². The molecule has 3 rings (SSSR count). The van der Waals surface area contributed by atoms with Crippen LogP contribution in [0.5, 0.6) is 0 Å². The molecule has 2 atom stereocenters. The second-order valence-electron chi connectivity index (χ2n) is 6.20. The fourth-order valence-electron chi connectivity index (χ4n) is 3.18. The molecule has 0 amide bonds. The molecule has 2 heteroatoms. The van der Waals surface area contributed by atoms with E-state index < -0.39 is 0 Å². The number of thiophene rings is 1. The van der Waals surface area contributed by atoms with Crippen LogP contribution in [0, 0.1) is 5.41 Å². The Kier molecular flexibility index (Phi) is 3.23. The summed E-state index contributed by atoms with van der Waals surface area (Å²) >= 11 is 1.83. The summed E-state index contributed by atoms with van der Waals surface area (Å²) in [5.74, 6) is 0. The maximum atomic E-state index is 3.84. The molecule has 1 heterocycles. The van der Waals surface area contributed by atoms with Crippen molar-refractivity contribution in [3.05, 3.63) is 57.8 Å². The van der Waals surface area contributed by atoms with Crippen molar-refractivity contribution < 1.29 is 0 Å². The largest absolute Gasteiger partial charge is 0.302 e. The predicted molar refractivity (Wildman–Crippen MR) is 82.5 cm³/mol. The van der Waals surface area contributed by atoms with Crippen LogP contribution in [0.3, 0.4) is 0 Å². The summed E-state index contributed by atoms with van der Waals surface area (Å²) in [6.07, 6.45) is 1.16. The predicted octanol–water partition coefficient (Wildman–Crippen LogP) is 4.72. The van der Waals surface area contributed by atoms with Gasteiger partial charge in [0.15, 0.2) is 0 Å². The van der Waals surface area contributed by atoms with Gasteiger partial charge in [0, 0.05) is 17.0 Å². The molecular weight excluding hydrogens is 250 g/mol. The average molecular weight is 271 g/mol. The van der Waals surface area contributed by atoms with E-state index in [1.165, 1.54) is 16.0 Å². The van der Waals surface area contributed by atoms with Crippen molar-refractivity contribution in [1.82, 2.24) is 5.32 Å². The Morgan fingerprint density at radius 1 is 1.21 bits per heavy atom. The van der Waals surface area contributed by atoms with Gasteiger partial charge in [-0.2, -0.15) is 0 Å². The van der Waals surface area contributed by atoms with Gasteiger partial charge in [0.25, 0.3) is 0 Å². The summed E-state index contributed by atoms with van der Waals surface area (Å²) in [7, 11) is 0.